The largest absolute Gasteiger partial charge is 0.497 e. The molecule has 0 aliphatic heterocycles. The first-order chi connectivity index (χ1) is 15.4. The number of carbonyl (C=O) groups excluding carboxylic acids is 2. The van der Waals surface area contributed by atoms with Gasteiger partial charge in [0.25, 0.3) is 0 Å². The maximum atomic E-state index is 12.3. The molecule has 0 aliphatic carbocycles. The van der Waals surface area contributed by atoms with E-state index in [0.29, 0.717) is 11.4 Å². The number of benzene rings is 3. The maximum Gasteiger partial charge on any atom is 0.244 e. The number of methoxy groups -OCH3 is 1. The summed E-state index contributed by atoms with van der Waals surface area (Å²) in [5, 5.41) is 7.06. The van der Waals surface area contributed by atoms with Crippen LogP contribution in [0, 0.1) is 0 Å². The van der Waals surface area contributed by atoms with Crippen molar-refractivity contribution in [1.29, 1.82) is 0 Å². The second kappa shape index (κ2) is 11.2. The van der Waals surface area contributed by atoms with Crippen LogP contribution >= 0.6 is 15.9 Å². The van der Waals surface area contributed by atoms with Crippen LogP contribution in [0.25, 0.3) is 0 Å². The second-order valence-corrected chi connectivity index (χ2v) is 8.10. The van der Waals surface area contributed by atoms with Crippen molar-refractivity contribution in [3.63, 3.8) is 0 Å². The topological polar surface area (TPSA) is 79.8 Å². The summed E-state index contributed by atoms with van der Waals surface area (Å²) in [7, 11) is 1.61. The smallest absolute Gasteiger partial charge is 0.244 e. The number of rotatable bonds is 8. The number of nitrogens with zero attached hydrogens (tertiary/aromatic N) is 1. The Bertz CT molecular complexity index is 1090. The SMILES string of the molecule is COc1ccc(CC(=O)Nc2ccc(/C(C)=N/NC(=O)Cc3ccc(Br)cc3)cc2)cc1. The molecule has 0 radical (unpaired) electrons. The van der Waals surface area contributed by atoms with Gasteiger partial charge in [0.05, 0.1) is 25.7 Å². The van der Waals surface area contributed by atoms with Gasteiger partial charge in [-0.2, -0.15) is 5.10 Å². The fourth-order valence-electron chi connectivity index (χ4n) is 2.97. The molecule has 0 heterocycles. The maximum absolute atomic E-state index is 12.3. The van der Waals surface area contributed by atoms with E-state index >= 15 is 0 Å². The van der Waals surface area contributed by atoms with Crippen LogP contribution in [0.15, 0.2) is 82.4 Å². The van der Waals surface area contributed by atoms with Crippen LogP contribution in [0.2, 0.25) is 0 Å². The molecule has 0 aromatic heterocycles. The number of ether oxygens (including phenoxy) is 1. The van der Waals surface area contributed by atoms with E-state index in [1.54, 1.807) is 7.11 Å². The minimum absolute atomic E-state index is 0.103. The van der Waals surface area contributed by atoms with E-state index in [4.69, 9.17) is 4.74 Å². The minimum Gasteiger partial charge on any atom is -0.497 e. The molecule has 0 unspecified atom stereocenters. The van der Waals surface area contributed by atoms with Gasteiger partial charge in [0.1, 0.15) is 5.75 Å². The molecule has 6 nitrogen and oxygen atoms in total. The van der Waals surface area contributed by atoms with Crippen LogP contribution in [0.5, 0.6) is 5.75 Å². The summed E-state index contributed by atoms with van der Waals surface area (Å²) in [6.07, 6.45) is 0.528. The van der Waals surface area contributed by atoms with Crippen molar-refractivity contribution in [2.24, 2.45) is 5.10 Å². The first-order valence-electron chi connectivity index (χ1n) is 10.0. The summed E-state index contributed by atoms with van der Waals surface area (Å²) >= 11 is 3.38. The van der Waals surface area contributed by atoms with Crippen LogP contribution in [0.3, 0.4) is 0 Å². The van der Waals surface area contributed by atoms with Crippen LogP contribution in [-0.4, -0.2) is 24.6 Å². The Labute approximate surface area is 195 Å². The van der Waals surface area contributed by atoms with Crippen LogP contribution in [-0.2, 0) is 22.4 Å². The number of amides is 2. The third kappa shape index (κ3) is 7.06. The third-order valence-corrected chi connectivity index (χ3v) is 5.27. The van der Waals surface area contributed by atoms with E-state index in [2.05, 4.69) is 31.8 Å². The lowest BCUT2D eigenvalue weighted by atomic mass is 10.1. The van der Waals surface area contributed by atoms with Gasteiger partial charge in [0, 0.05) is 10.2 Å². The van der Waals surface area contributed by atoms with Gasteiger partial charge < -0.3 is 10.1 Å². The van der Waals surface area contributed by atoms with E-state index < -0.39 is 0 Å². The van der Waals surface area contributed by atoms with Crippen molar-refractivity contribution in [1.82, 2.24) is 5.43 Å². The van der Waals surface area contributed by atoms with Crippen molar-refractivity contribution in [2.75, 3.05) is 12.4 Å². The first-order valence-corrected chi connectivity index (χ1v) is 10.8. The first kappa shape index (κ1) is 23.2. The van der Waals surface area contributed by atoms with Crippen molar-refractivity contribution in [2.45, 2.75) is 19.8 Å². The van der Waals surface area contributed by atoms with Gasteiger partial charge in [-0.15, -0.1) is 0 Å². The zero-order valence-electron chi connectivity index (χ0n) is 17.9. The molecule has 2 N–H and O–H groups in total. The number of hydrogen-bond acceptors (Lipinski definition) is 4. The molecular weight excluding hydrogens is 470 g/mol. The lowest BCUT2D eigenvalue weighted by Crippen LogP contribution is -2.21. The molecule has 0 fully saturated rings. The molecule has 0 spiro atoms. The van der Waals surface area contributed by atoms with Crippen LogP contribution < -0.4 is 15.5 Å². The number of halogens is 1. The van der Waals surface area contributed by atoms with Gasteiger partial charge in [0.2, 0.25) is 11.8 Å². The average molecular weight is 494 g/mol. The molecule has 164 valence electrons. The second-order valence-electron chi connectivity index (χ2n) is 7.19. The summed E-state index contributed by atoms with van der Waals surface area (Å²) in [5.74, 6) is 0.467. The molecule has 3 rings (SSSR count). The average Bonchev–Trinajstić information content (AvgIpc) is 2.80. The van der Waals surface area contributed by atoms with E-state index in [9.17, 15) is 9.59 Å². The normalized spacial score (nSPS) is 11.0. The quantitative estimate of drug-likeness (QED) is 0.351. The predicted molar refractivity (Wildman–Crippen MR) is 130 cm³/mol. The van der Waals surface area contributed by atoms with Gasteiger partial charge >= 0.3 is 0 Å². The number of anilines is 1. The molecule has 0 atom stereocenters. The van der Waals surface area contributed by atoms with Gasteiger partial charge in [-0.25, -0.2) is 5.43 Å². The van der Waals surface area contributed by atoms with Crippen molar-refractivity contribution < 1.29 is 14.3 Å². The van der Waals surface area contributed by atoms with E-state index in [-0.39, 0.29) is 24.7 Å². The monoisotopic (exact) mass is 493 g/mol. The summed E-state index contributed by atoms with van der Waals surface area (Å²) in [6.45, 7) is 1.82. The highest BCUT2D eigenvalue weighted by Gasteiger charge is 2.06. The lowest BCUT2D eigenvalue weighted by molar-refractivity contribution is -0.120. The Morgan fingerprint density at radius 1 is 0.844 bits per heavy atom. The van der Waals surface area contributed by atoms with Gasteiger partial charge in [-0.1, -0.05) is 52.3 Å². The standard InChI is InChI=1S/C25H24BrN3O3/c1-17(28-29-25(31)16-18-3-9-21(26)10-4-18)20-7-11-22(12-8-20)27-24(30)15-19-5-13-23(32-2)14-6-19/h3-14H,15-16H2,1-2H3,(H,27,30)(H,29,31)/b28-17+. The lowest BCUT2D eigenvalue weighted by Gasteiger charge is -2.08. The Kier molecular flexibility index (Phi) is 8.16. The fourth-order valence-corrected chi connectivity index (χ4v) is 3.23. The van der Waals surface area contributed by atoms with Gasteiger partial charge in [-0.05, 0) is 60.0 Å². The Hall–Kier alpha value is -3.45. The molecule has 0 aliphatic rings. The highest BCUT2D eigenvalue weighted by molar-refractivity contribution is 9.10. The molecule has 3 aromatic carbocycles. The Balaban J connectivity index is 1.51. The Morgan fingerprint density at radius 3 is 2.00 bits per heavy atom. The summed E-state index contributed by atoms with van der Waals surface area (Å²) in [6, 6.07) is 22.3. The highest BCUT2D eigenvalue weighted by Crippen LogP contribution is 2.14. The van der Waals surface area contributed by atoms with Crippen LogP contribution in [0.4, 0.5) is 5.69 Å². The number of hydrazone groups is 1. The highest BCUT2D eigenvalue weighted by atomic mass is 79.9. The molecule has 7 heteroatoms. The van der Waals surface area contributed by atoms with Crippen molar-refractivity contribution in [3.8, 4) is 5.75 Å². The van der Waals surface area contributed by atoms with Crippen molar-refractivity contribution in [3.05, 3.63) is 94.0 Å². The zero-order valence-corrected chi connectivity index (χ0v) is 19.5. The summed E-state index contributed by atoms with van der Waals surface area (Å²) in [4.78, 5) is 24.4. The molecule has 3 aromatic rings. The van der Waals surface area contributed by atoms with E-state index in [1.807, 2.05) is 79.7 Å². The Morgan fingerprint density at radius 2 is 1.41 bits per heavy atom. The van der Waals surface area contributed by atoms with Crippen molar-refractivity contribution >= 4 is 39.1 Å². The molecule has 0 saturated carbocycles. The number of carbonyl (C=O) groups is 2. The minimum atomic E-state index is -0.186. The third-order valence-electron chi connectivity index (χ3n) is 4.74. The van der Waals surface area contributed by atoms with Gasteiger partial charge in [-0.3, -0.25) is 9.59 Å². The van der Waals surface area contributed by atoms with E-state index in [1.165, 1.54) is 0 Å². The number of nitrogens with one attached hydrogen (secondary N) is 2. The summed E-state index contributed by atoms with van der Waals surface area (Å²) in [5.41, 5.74) is 6.61. The molecule has 0 saturated heterocycles. The molecule has 0 bridgehead atoms. The van der Waals surface area contributed by atoms with Crippen LogP contribution in [0.1, 0.15) is 23.6 Å². The molecule has 32 heavy (non-hydrogen) atoms. The van der Waals surface area contributed by atoms with E-state index in [0.717, 1.165) is 26.9 Å². The predicted octanol–water partition coefficient (Wildman–Crippen LogP) is 4.72. The molecular formula is C25H24BrN3O3. The van der Waals surface area contributed by atoms with Gasteiger partial charge in [0.15, 0.2) is 0 Å². The fraction of sp³-hybridized carbons (Fsp3) is 0.160. The number of hydrogen-bond donors (Lipinski definition) is 2. The summed E-state index contributed by atoms with van der Waals surface area (Å²) < 4.78 is 6.09. The molecule has 2 amide bonds. The zero-order chi connectivity index (χ0) is 22.9.